The van der Waals surface area contributed by atoms with Crippen LogP contribution in [0.4, 0.5) is 21.5 Å². The van der Waals surface area contributed by atoms with E-state index in [-0.39, 0.29) is 16.9 Å². The van der Waals surface area contributed by atoms with Crippen molar-refractivity contribution in [2.45, 2.75) is 17.1 Å². The number of carbonyl (C=O) groups excluding carboxylic acids is 3. The summed E-state index contributed by atoms with van der Waals surface area (Å²) in [6.07, 6.45) is 1.26. The fraction of sp³-hybridized carbons (Fsp3) is 0.0541. The molecule has 0 aliphatic rings. The number of carbonyl (C=O) groups is 3. The molecule has 0 bridgehead atoms. The van der Waals surface area contributed by atoms with Gasteiger partial charge in [0.05, 0.1) is 10.6 Å². The molecule has 0 aromatic heterocycles. The third-order valence-electron chi connectivity index (χ3n) is 7.11. The Morgan fingerprint density at radius 2 is 1.50 bits per heavy atom. The van der Waals surface area contributed by atoms with Crippen LogP contribution in [0.1, 0.15) is 32.3 Å². The smallest absolute Gasteiger partial charge is 0.272 e. The van der Waals surface area contributed by atoms with E-state index in [0.717, 1.165) is 0 Å². The maximum absolute atomic E-state index is 14.5. The molecule has 0 fully saturated rings. The first-order valence-electron chi connectivity index (χ1n) is 14.7. The number of nitrogens with zero attached hydrogens (tertiary/aromatic N) is 1. The highest BCUT2D eigenvalue weighted by Crippen LogP contribution is 2.38. The molecular formula is C37H29FN4O5S. The summed E-state index contributed by atoms with van der Waals surface area (Å²) in [5.41, 5.74) is 2.13. The van der Waals surface area contributed by atoms with Crippen LogP contribution in [-0.2, 0) is 9.59 Å². The number of nitrogens with one attached hydrogen (secondary N) is 3. The molecule has 5 rings (SSSR count). The molecule has 0 heterocycles. The summed E-state index contributed by atoms with van der Waals surface area (Å²) < 4.78 is 14.5. The van der Waals surface area contributed by atoms with Gasteiger partial charge in [0.15, 0.2) is 0 Å². The molecule has 0 aliphatic heterocycles. The van der Waals surface area contributed by atoms with Gasteiger partial charge in [-0.1, -0.05) is 78.9 Å². The van der Waals surface area contributed by atoms with Crippen LogP contribution >= 0.6 is 11.8 Å². The summed E-state index contributed by atoms with van der Waals surface area (Å²) in [6, 6.07) is 34.3. The molecule has 1 unspecified atom stereocenters. The average molecular weight is 661 g/mol. The predicted molar refractivity (Wildman–Crippen MR) is 185 cm³/mol. The molecule has 3 N–H and O–H groups in total. The number of hydrogen-bond acceptors (Lipinski definition) is 6. The van der Waals surface area contributed by atoms with E-state index in [2.05, 4.69) is 16.0 Å². The second kappa shape index (κ2) is 15.5. The highest BCUT2D eigenvalue weighted by atomic mass is 32.2. The Morgan fingerprint density at radius 3 is 2.21 bits per heavy atom. The highest BCUT2D eigenvalue weighted by Gasteiger charge is 2.24. The standard InChI is InChI=1S/C37H29FN4O5S/c1-24-19-20-29(42(46)47)23-32(24)40-37(45)34(25-11-4-2-5-12-25)48-30-17-10-16-28(22-30)39-36(44)33(21-27-15-8-9-18-31(27)38)41-35(43)26-13-6-3-7-14-26/h2-23,34H,1H3,(H,39,44)(H,40,45)(H,41,43)/b33-21-. The quantitative estimate of drug-likeness (QED) is 0.0571. The van der Waals surface area contributed by atoms with Crippen LogP contribution in [0.3, 0.4) is 0 Å². The van der Waals surface area contributed by atoms with Crippen LogP contribution in [0.2, 0.25) is 0 Å². The van der Waals surface area contributed by atoms with E-state index in [1.54, 1.807) is 97.9 Å². The van der Waals surface area contributed by atoms with Gasteiger partial charge in [-0.25, -0.2) is 4.39 Å². The first-order chi connectivity index (χ1) is 23.2. The largest absolute Gasteiger partial charge is 0.324 e. The van der Waals surface area contributed by atoms with Gasteiger partial charge in [0.2, 0.25) is 5.91 Å². The normalized spacial score (nSPS) is 11.7. The first-order valence-corrected chi connectivity index (χ1v) is 15.6. The van der Waals surface area contributed by atoms with Crippen molar-refractivity contribution in [3.8, 4) is 0 Å². The van der Waals surface area contributed by atoms with Crippen LogP contribution in [-0.4, -0.2) is 22.6 Å². The topological polar surface area (TPSA) is 130 Å². The zero-order valence-electron chi connectivity index (χ0n) is 25.6. The van der Waals surface area contributed by atoms with Crippen LogP contribution in [0.5, 0.6) is 0 Å². The highest BCUT2D eigenvalue weighted by molar-refractivity contribution is 8.00. The zero-order valence-corrected chi connectivity index (χ0v) is 26.4. The summed E-state index contributed by atoms with van der Waals surface area (Å²) in [5.74, 6) is -2.21. The van der Waals surface area contributed by atoms with Gasteiger partial charge < -0.3 is 16.0 Å². The third-order valence-corrected chi connectivity index (χ3v) is 8.36. The summed E-state index contributed by atoms with van der Waals surface area (Å²) >= 11 is 1.22. The number of anilines is 2. The molecule has 1 atom stereocenters. The van der Waals surface area contributed by atoms with Crippen LogP contribution in [0.25, 0.3) is 6.08 Å². The number of aryl methyl sites for hydroxylation is 1. The number of thioether (sulfide) groups is 1. The monoisotopic (exact) mass is 660 g/mol. The van der Waals surface area contributed by atoms with Crippen molar-refractivity contribution in [1.82, 2.24) is 5.32 Å². The van der Waals surface area contributed by atoms with E-state index >= 15 is 0 Å². The average Bonchev–Trinajstić information content (AvgIpc) is 3.09. The number of nitro benzene ring substituents is 1. The Hall–Kier alpha value is -6.07. The molecule has 0 saturated heterocycles. The fourth-order valence-corrected chi connectivity index (χ4v) is 5.71. The predicted octanol–water partition coefficient (Wildman–Crippen LogP) is 7.92. The van der Waals surface area contributed by atoms with Gasteiger partial charge in [-0.3, -0.25) is 24.5 Å². The van der Waals surface area contributed by atoms with Gasteiger partial charge >= 0.3 is 0 Å². The van der Waals surface area contributed by atoms with Crippen molar-refractivity contribution in [1.29, 1.82) is 0 Å². The van der Waals surface area contributed by atoms with Crippen LogP contribution in [0, 0.1) is 22.9 Å². The van der Waals surface area contributed by atoms with Crippen molar-refractivity contribution in [3.05, 3.63) is 171 Å². The van der Waals surface area contributed by atoms with Crippen molar-refractivity contribution >= 4 is 52.6 Å². The Labute approximate surface area is 280 Å². The van der Waals surface area contributed by atoms with Crippen molar-refractivity contribution in [2.75, 3.05) is 10.6 Å². The number of non-ortho nitro benzene ring substituents is 1. The van der Waals surface area contributed by atoms with E-state index in [9.17, 15) is 28.9 Å². The number of amides is 3. The summed E-state index contributed by atoms with van der Waals surface area (Å²) in [4.78, 5) is 51.6. The minimum atomic E-state index is -0.766. The van der Waals surface area contributed by atoms with Gasteiger partial charge in [0.1, 0.15) is 16.8 Å². The minimum absolute atomic E-state index is 0.107. The Morgan fingerprint density at radius 1 is 0.812 bits per heavy atom. The van der Waals surface area contributed by atoms with Crippen molar-refractivity contribution in [2.24, 2.45) is 0 Å². The van der Waals surface area contributed by atoms with E-state index in [0.29, 0.717) is 33.0 Å². The Kier molecular flexibility index (Phi) is 10.7. The Balaban J connectivity index is 1.39. The molecule has 0 aliphatic carbocycles. The fourth-order valence-electron chi connectivity index (χ4n) is 4.63. The second-order valence-corrected chi connectivity index (χ2v) is 11.7. The third kappa shape index (κ3) is 8.59. The second-order valence-electron chi connectivity index (χ2n) is 10.5. The summed E-state index contributed by atoms with van der Waals surface area (Å²) in [6.45, 7) is 1.74. The van der Waals surface area contributed by atoms with Crippen molar-refractivity contribution in [3.63, 3.8) is 0 Å². The number of halogens is 1. The van der Waals surface area contributed by atoms with Gasteiger partial charge in [0.25, 0.3) is 17.5 Å². The van der Waals surface area contributed by atoms with E-state index in [4.69, 9.17) is 0 Å². The SMILES string of the molecule is Cc1ccc([N+](=O)[O-])cc1NC(=O)C(Sc1cccc(NC(=O)/C(=C/c2ccccc2F)NC(=O)c2ccccc2)c1)c1ccccc1. The molecule has 240 valence electrons. The molecule has 0 saturated carbocycles. The lowest BCUT2D eigenvalue weighted by Crippen LogP contribution is -2.30. The lowest BCUT2D eigenvalue weighted by atomic mass is 10.1. The number of benzene rings is 5. The van der Waals surface area contributed by atoms with Gasteiger partial charge in [0, 0.05) is 33.8 Å². The zero-order chi connectivity index (χ0) is 34.0. The lowest BCUT2D eigenvalue weighted by molar-refractivity contribution is -0.384. The van der Waals surface area contributed by atoms with Gasteiger partial charge in [-0.2, -0.15) is 0 Å². The Bertz CT molecular complexity index is 2000. The molecule has 5 aromatic rings. The molecule has 5 aromatic carbocycles. The van der Waals surface area contributed by atoms with Crippen LogP contribution < -0.4 is 16.0 Å². The number of hydrogen-bond donors (Lipinski definition) is 3. The molecular weight excluding hydrogens is 631 g/mol. The number of rotatable bonds is 11. The molecule has 9 nitrogen and oxygen atoms in total. The number of nitro groups is 1. The maximum atomic E-state index is 14.5. The maximum Gasteiger partial charge on any atom is 0.272 e. The first kappa shape index (κ1) is 33.3. The van der Waals surface area contributed by atoms with E-state index in [1.165, 1.54) is 48.2 Å². The van der Waals surface area contributed by atoms with E-state index in [1.807, 2.05) is 6.07 Å². The molecule has 3 amide bonds. The van der Waals surface area contributed by atoms with Crippen molar-refractivity contribution < 1.29 is 23.7 Å². The molecule has 48 heavy (non-hydrogen) atoms. The van der Waals surface area contributed by atoms with E-state index < -0.39 is 33.7 Å². The minimum Gasteiger partial charge on any atom is -0.324 e. The van der Waals surface area contributed by atoms with Crippen LogP contribution in [0.15, 0.2) is 138 Å². The summed E-state index contributed by atoms with van der Waals surface area (Å²) in [5, 5.41) is 18.8. The molecule has 0 spiro atoms. The lowest BCUT2D eigenvalue weighted by Gasteiger charge is -2.18. The van der Waals surface area contributed by atoms with Gasteiger partial charge in [-0.15, -0.1) is 11.8 Å². The molecule has 11 heteroatoms. The summed E-state index contributed by atoms with van der Waals surface area (Å²) in [7, 11) is 0. The molecule has 0 radical (unpaired) electrons. The van der Waals surface area contributed by atoms with Gasteiger partial charge in [-0.05, 0) is 60.5 Å².